The number of rotatable bonds is 0. The van der Waals surface area contributed by atoms with E-state index >= 15 is 0 Å². The standard InChI is InChI=1S/C7H9NS2/c1-5-6(9)8-3-2-4-10-7(5)8/h2-3,5,7H,4H2,1H3/t5?,7-/m1/s1. The molecule has 0 aromatic rings. The van der Waals surface area contributed by atoms with Crippen molar-refractivity contribution in [3.05, 3.63) is 12.3 Å². The SMILES string of the molecule is CC1C(=S)N2C=CCS[C@H]12. The lowest BCUT2D eigenvalue weighted by Crippen LogP contribution is -2.55. The van der Waals surface area contributed by atoms with Gasteiger partial charge in [-0.15, -0.1) is 11.8 Å². The molecule has 0 aromatic carbocycles. The van der Waals surface area contributed by atoms with Gasteiger partial charge in [-0.1, -0.05) is 25.2 Å². The molecule has 54 valence electrons. The summed E-state index contributed by atoms with van der Waals surface area (Å²) < 4.78 is 0. The van der Waals surface area contributed by atoms with Crippen LogP contribution >= 0.6 is 24.0 Å². The third kappa shape index (κ3) is 0.736. The molecule has 10 heavy (non-hydrogen) atoms. The van der Waals surface area contributed by atoms with E-state index in [2.05, 4.69) is 24.1 Å². The van der Waals surface area contributed by atoms with Crippen LogP contribution < -0.4 is 0 Å². The second-order valence-electron chi connectivity index (χ2n) is 2.64. The first-order valence-electron chi connectivity index (χ1n) is 3.41. The van der Waals surface area contributed by atoms with Crippen molar-refractivity contribution in [2.75, 3.05) is 5.75 Å². The number of hydrogen-bond acceptors (Lipinski definition) is 2. The van der Waals surface area contributed by atoms with Crippen LogP contribution in [0.25, 0.3) is 0 Å². The summed E-state index contributed by atoms with van der Waals surface area (Å²) in [5, 5.41) is 0.650. The molecule has 1 unspecified atom stereocenters. The van der Waals surface area contributed by atoms with Gasteiger partial charge in [0.1, 0.15) is 0 Å². The minimum Gasteiger partial charge on any atom is -0.329 e. The molecule has 0 aromatic heterocycles. The van der Waals surface area contributed by atoms with Crippen LogP contribution in [-0.2, 0) is 0 Å². The average Bonchev–Trinajstić information content (AvgIpc) is 2.03. The van der Waals surface area contributed by atoms with Crippen LogP contribution in [0.5, 0.6) is 0 Å². The average molecular weight is 171 g/mol. The van der Waals surface area contributed by atoms with Gasteiger partial charge in [0.15, 0.2) is 0 Å². The maximum atomic E-state index is 5.17. The third-order valence-electron chi connectivity index (χ3n) is 1.98. The van der Waals surface area contributed by atoms with E-state index in [1.807, 2.05) is 11.8 Å². The maximum Gasteiger partial charge on any atom is 0.0889 e. The van der Waals surface area contributed by atoms with Crippen molar-refractivity contribution in [1.29, 1.82) is 0 Å². The van der Waals surface area contributed by atoms with Gasteiger partial charge in [0.25, 0.3) is 0 Å². The summed E-state index contributed by atoms with van der Waals surface area (Å²) in [6.45, 7) is 2.20. The summed E-state index contributed by atoms with van der Waals surface area (Å²) >= 11 is 7.14. The number of fused-ring (bicyclic) bond motifs is 1. The van der Waals surface area contributed by atoms with Crippen molar-refractivity contribution in [3.63, 3.8) is 0 Å². The predicted octanol–water partition coefficient (Wildman–Crippen LogP) is 1.85. The van der Waals surface area contributed by atoms with Crippen LogP contribution in [0.3, 0.4) is 0 Å². The van der Waals surface area contributed by atoms with Gasteiger partial charge in [-0.2, -0.15) is 0 Å². The smallest absolute Gasteiger partial charge is 0.0889 e. The maximum absolute atomic E-state index is 5.17. The monoisotopic (exact) mass is 171 g/mol. The number of hydrogen-bond donors (Lipinski definition) is 0. The lowest BCUT2D eigenvalue weighted by Gasteiger charge is -2.47. The van der Waals surface area contributed by atoms with Crippen molar-refractivity contribution < 1.29 is 0 Å². The Morgan fingerprint density at radius 3 is 3.30 bits per heavy atom. The first-order chi connectivity index (χ1) is 4.80. The second-order valence-corrected chi connectivity index (χ2v) is 4.21. The van der Waals surface area contributed by atoms with Gasteiger partial charge in [0, 0.05) is 17.9 Å². The highest BCUT2D eigenvalue weighted by molar-refractivity contribution is 8.00. The summed E-state index contributed by atoms with van der Waals surface area (Å²) in [6, 6.07) is 0. The summed E-state index contributed by atoms with van der Waals surface area (Å²) in [5.41, 5.74) is 0. The predicted molar refractivity (Wildman–Crippen MR) is 49.0 cm³/mol. The minimum atomic E-state index is 0.616. The summed E-state index contributed by atoms with van der Waals surface area (Å²) in [4.78, 5) is 3.29. The van der Waals surface area contributed by atoms with E-state index in [0.717, 1.165) is 10.7 Å². The Labute approximate surface area is 70.5 Å². The molecule has 1 nitrogen and oxygen atoms in total. The molecule has 0 amide bonds. The van der Waals surface area contributed by atoms with E-state index in [1.165, 1.54) is 0 Å². The third-order valence-corrected chi connectivity index (χ3v) is 3.92. The molecule has 0 bridgehead atoms. The molecule has 0 spiro atoms. The lowest BCUT2D eigenvalue weighted by atomic mass is 10.0. The fourth-order valence-corrected chi connectivity index (χ4v) is 2.95. The highest BCUT2D eigenvalue weighted by Gasteiger charge is 2.40. The van der Waals surface area contributed by atoms with Crippen LogP contribution in [0.15, 0.2) is 12.3 Å². The molecule has 3 heteroatoms. The molecule has 0 N–H and O–H groups in total. The molecule has 2 aliphatic rings. The number of thioether (sulfide) groups is 1. The Balaban J connectivity index is 2.18. The molecule has 2 aliphatic heterocycles. The molecule has 1 saturated heterocycles. The molecule has 0 aliphatic carbocycles. The Bertz CT molecular complexity index is 200. The van der Waals surface area contributed by atoms with Crippen molar-refractivity contribution >= 4 is 29.0 Å². The lowest BCUT2D eigenvalue weighted by molar-refractivity contribution is 0.357. The summed E-state index contributed by atoms with van der Waals surface area (Å²) in [5.74, 6) is 1.76. The zero-order chi connectivity index (χ0) is 7.14. The van der Waals surface area contributed by atoms with Crippen LogP contribution in [0.1, 0.15) is 6.92 Å². The Morgan fingerprint density at radius 1 is 1.80 bits per heavy atom. The van der Waals surface area contributed by atoms with Gasteiger partial charge in [0.2, 0.25) is 0 Å². The number of thiocarbonyl (C=S) groups is 1. The normalized spacial score (nSPS) is 37.3. The van der Waals surface area contributed by atoms with Crippen molar-refractivity contribution in [2.45, 2.75) is 12.3 Å². The molecule has 0 radical (unpaired) electrons. The van der Waals surface area contributed by atoms with Gasteiger partial charge in [-0.25, -0.2) is 0 Å². The first kappa shape index (κ1) is 6.68. The first-order valence-corrected chi connectivity index (χ1v) is 4.87. The molecule has 2 heterocycles. The van der Waals surface area contributed by atoms with E-state index in [0.29, 0.717) is 11.3 Å². The van der Waals surface area contributed by atoms with Gasteiger partial charge in [-0.3, -0.25) is 0 Å². The zero-order valence-electron chi connectivity index (χ0n) is 5.78. The molecule has 1 fully saturated rings. The van der Waals surface area contributed by atoms with E-state index < -0.39 is 0 Å². The van der Waals surface area contributed by atoms with Crippen molar-refractivity contribution in [1.82, 2.24) is 4.90 Å². The van der Waals surface area contributed by atoms with Gasteiger partial charge in [0.05, 0.1) is 10.4 Å². The quantitative estimate of drug-likeness (QED) is 0.512. The highest BCUT2D eigenvalue weighted by atomic mass is 32.2. The largest absolute Gasteiger partial charge is 0.329 e. The second kappa shape index (κ2) is 2.24. The molecule has 2 atom stereocenters. The van der Waals surface area contributed by atoms with E-state index in [1.54, 1.807) is 0 Å². The van der Waals surface area contributed by atoms with E-state index in [9.17, 15) is 0 Å². The highest BCUT2D eigenvalue weighted by Crippen LogP contribution is 2.38. The fraction of sp³-hybridized carbons (Fsp3) is 0.571. The summed E-state index contributed by atoms with van der Waals surface area (Å²) in [6.07, 6.45) is 4.28. The Morgan fingerprint density at radius 2 is 2.60 bits per heavy atom. The van der Waals surface area contributed by atoms with Gasteiger partial charge in [-0.05, 0) is 0 Å². The Kier molecular flexibility index (Phi) is 1.49. The van der Waals surface area contributed by atoms with Crippen LogP contribution in [0.4, 0.5) is 0 Å². The molecule has 0 saturated carbocycles. The zero-order valence-corrected chi connectivity index (χ0v) is 7.41. The molecular weight excluding hydrogens is 162 g/mol. The van der Waals surface area contributed by atoms with E-state index in [4.69, 9.17) is 12.2 Å². The Hall–Kier alpha value is -0.0200. The van der Waals surface area contributed by atoms with Crippen LogP contribution in [0.2, 0.25) is 0 Å². The van der Waals surface area contributed by atoms with E-state index in [-0.39, 0.29) is 0 Å². The van der Waals surface area contributed by atoms with Crippen molar-refractivity contribution in [2.24, 2.45) is 5.92 Å². The van der Waals surface area contributed by atoms with Gasteiger partial charge >= 0.3 is 0 Å². The van der Waals surface area contributed by atoms with Crippen LogP contribution in [0, 0.1) is 5.92 Å². The van der Waals surface area contributed by atoms with Crippen LogP contribution in [-0.4, -0.2) is 21.0 Å². The number of nitrogens with zero attached hydrogens (tertiary/aromatic N) is 1. The fourth-order valence-electron chi connectivity index (χ4n) is 1.33. The van der Waals surface area contributed by atoms with Crippen molar-refractivity contribution in [3.8, 4) is 0 Å². The summed E-state index contributed by atoms with van der Waals surface area (Å²) in [7, 11) is 0. The molecular formula is C7H9NS2. The molecule has 2 rings (SSSR count). The minimum absolute atomic E-state index is 0.616. The van der Waals surface area contributed by atoms with Gasteiger partial charge < -0.3 is 4.90 Å². The topological polar surface area (TPSA) is 3.24 Å².